The lowest BCUT2D eigenvalue weighted by molar-refractivity contribution is -0.385. The zero-order valence-corrected chi connectivity index (χ0v) is 12.4. The smallest absolute Gasteiger partial charge is 0.306 e. The van der Waals surface area contributed by atoms with Gasteiger partial charge in [-0.25, -0.2) is 0 Å². The molecule has 2 rings (SSSR count). The van der Waals surface area contributed by atoms with Crippen molar-refractivity contribution in [1.29, 1.82) is 0 Å². The third-order valence-corrected chi connectivity index (χ3v) is 4.82. The van der Waals surface area contributed by atoms with Crippen molar-refractivity contribution in [3.63, 3.8) is 0 Å². The summed E-state index contributed by atoms with van der Waals surface area (Å²) < 4.78 is 4.71. The van der Waals surface area contributed by atoms with Crippen LogP contribution in [0, 0.1) is 22.5 Å². The molecular weight excluding hydrogens is 278 g/mol. The third-order valence-electron chi connectivity index (χ3n) is 3.50. The van der Waals surface area contributed by atoms with E-state index in [9.17, 15) is 14.9 Å². The number of thioether (sulfide) groups is 1. The minimum Gasteiger partial charge on any atom is -0.469 e. The molecule has 108 valence electrons. The van der Waals surface area contributed by atoms with Gasteiger partial charge >= 0.3 is 5.97 Å². The molecule has 5 nitrogen and oxygen atoms in total. The second-order valence-corrected chi connectivity index (χ2v) is 6.35. The van der Waals surface area contributed by atoms with Crippen LogP contribution >= 0.6 is 11.8 Å². The number of hydrogen-bond donors (Lipinski definition) is 0. The highest BCUT2D eigenvalue weighted by Crippen LogP contribution is 2.52. The summed E-state index contributed by atoms with van der Waals surface area (Å²) in [4.78, 5) is 22.7. The number of carbonyl (C=O) groups is 1. The van der Waals surface area contributed by atoms with Crippen LogP contribution in [0.2, 0.25) is 0 Å². The fraction of sp³-hybridized carbons (Fsp3) is 0.500. The van der Waals surface area contributed by atoms with Gasteiger partial charge in [0.2, 0.25) is 0 Å². The van der Waals surface area contributed by atoms with Crippen LogP contribution in [0.1, 0.15) is 24.8 Å². The molecule has 0 unspecified atom stereocenters. The number of carbonyl (C=O) groups excluding carboxylic acids is 1. The van der Waals surface area contributed by atoms with Crippen molar-refractivity contribution in [1.82, 2.24) is 0 Å². The summed E-state index contributed by atoms with van der Waals surface area (Å²) in [5.74, 6) is 0.612. The maximum Gasteiger partial charge on any atom is 0.306 e. The summed E-state index contributed by atoms with van der Waals surface area (Å²) >= 11 is 1.58. The van der Waals surface area contributed by atoms with Crippen molar-refractivity contribution in [2.75, 3.05) is 12.9 Å². The van der Waals surface area contributed by atoms with Crippen molar-refractivity contribution in [2.45, 2.75) is 31.1 Å². The predicted molar refractivity (Wildman–Crippen MR) is 76.9 cm³/mol. The number of benzene rings is 1. The molecule has 1 aliphatic carbocycles. The Kier molecular flexibility index (Phi) is 4.32. The zero-order valence-electron chi connectivity index (χ0n) is 11.5. The predicted octanol–water partition coefficient (Wildman–Crippen LogP) is 3.34. The summed E-state index contributed by atoms with van der Waals surface area (Å²) in [5, 5.41) is 10.8. The van der Waals surface area contributed by atoms with Gasteiger partial charge in [0, 0.05) is 22.8 Å². The highest BCUT2D eigenvalue weighted by molar-refractivity contribution is 7.99. The van der Waals surface area contributed by atoms with Crippen molar-refractivity contribution in [3.05, 3.63) is 33.9 Å². The number of methoxy groups -OCH3 is 1. The van der Waals surface area contributed by atoms with Crippen molar-refractivity contribution < 1.29 is 14.5 Å². The van der Waals surface area contributed by atoms with E-state index in [-0.39, 0.29) is 22.0 Å². The highest BCUT2D eigenvalue weighted by Gasteiger charge is 2.44. The number of nitro groups is 1. The third kappa shape index (κ3) is 3.72. The van der Waals surface area contributed by atoms with Crippen LogP contribution in [0.4, 0.5) is 5.69 Å². The Hall–Kier alpha value is -1.56. The van der Waals surface area contributed by atoms with E-state index < -0.39 is 0 Å². The average molecular weight is 295 g/mol. The number of nitrogens with zero attached hydrogens (tertiary/aromatic N) is 1. The number of nitro benzene ring substituents is 1. The zero-order chi connectivity index (χ0) is 14.8. The minimum absolute atomic E-state index is 0.0241. The monoisotopic (exact) mass is 295 g/mol. The quantitative estimate of drug-likeness (QED) is 0.348. The van der Waals surface area contributed by atoms with Crippen LogP contribution in [0.5, 0.6) is 0 Å². The van der Waals surface area contributed by atoms with Crippen LogP contribution in [0.3, 0.4) is 0 Å². The highest BCUT2D eigenvalue weighted by atomic mass is 32.2. The van der Waals surface area contributed by atoms with Gasteiger partial charge in [0.1, 0.15) is 0 Å². The molecule has 0 N–H and O–H groups in total. The molecule has 0 heterocycles. The van der Waals surface area contributed by atoms with Crippen LogP contribution in [-0.4, -0.2) is 23.8 Å². The van der Waals surface area contributed by atoms with Crippen molar-refractivity contribution in [2.24, 2.45) is 5.41 Å². The average Bonchev–Trinajstić information content (AvgIpc) is 3.16. The summed E-state index contributed by atoms with van der Waals surface area (Å²) in [6, 6.07) is 5.09. The SMILES string of the molecule is COC(=O)CC1(CSc2cc(C)cc([N+](=O)[O-])c2)CC1. The lowest BCUT2D eigenvalue weighted by atomic mass is 10.1. The Bertz CT molecular complexity index is 540. The number of ether oxygens (including phenoxy) is 1. The van der Waals surface area contributed by atoms with E-state index in [4.69, 9.17) is 4.74 Å². The molecule has 0 spiro atoms. The topological polar surface area (TPSA) is 69.4 Å². The van der Waals surface area contributed by atoms with Gasteiger partial charge in [-0.05, 0) is 36.8 Å². The molecule has 1 aromatic rings. The Balaban J connectivity index is 2.01. The Morgan fingerprint density at radius 1 is 1.45 bits per heavy atom. The largest absolute Gasteiger partial charge is 0.469 e. The number of rotatable bonds is 6. The summed E-state index contributed by atoms with van der Waals surface area (Å²) in [6.45, 7) is 1.85. The minimum atomic E-state index is -0.377. The van der Waals surface area contributed by atoms with E-state index in [1.165, 1.54) is 7.11 Å². The molecule has 0 aliphatic heterocycles. The standard InChI is InChI=1S/C14H17NO4S/c1-10-5-11(15(17)18)7-12(6-10)20-9-14(3-4-14)8-13(16)19-2/h5-7H,3-4,8-9H2,1-2H3. The Labute approximate surface area is 121 Å². The molecule has 0 amide bonds. The Morgan fingerprint density at radius 3 is 2.70 bits per heavy atom. The molecule has 20 heavy (non-hydrogen) atoms. The van der Waals surface area contributed by atoms with Gasteiger partial charge in [0.15, 0.2) is 0 Å². The van der Waals surface area contributed by atoms with Crippen molar-refractivity contribution in [3.8, 4) is 0 Å². The van der Waals surface area contributed by atoms with Gasteiger partial charge < -0.3 is 4.74 Å². The maximum absolute atomic E-state index is 11.4. The van der Waals surface area contributed by atoms with Gasteiger partial charge in [-0.2, -0.15) is 0 Å². The van der Waals surface area contributed by atoms with Gasteiger partial charge in [-0.15, -0.1) is 11.8 Å². The number of esters is 1. The summed E-state index contributed by atoms with van der Waals surface area (Å²) in [5.41, 5.74) is 1.01. The lowest BCUT2D eigenvalue weighted by Crippen LogP contribution is -2.12. The molecule has 0 atom stereocenters. The van der Waals surface area contributed by atoms with Gasteiger partial charge in [0.25, 0.3) is 5.69 Å². The van der Waals surface area contributed by atoms with Crippen LogP contribution in [-0.2, 0) is 9.53 Å². The summed E-state index contributed by atoms with van der Waals surface area (Å²) in [6.07, 6.45) is 2.47. The second-order valence-electron chi connectivity index (χ2n) is 5.30. The number of aryl methyl sites for hydroxylation is 1. The first-order chi connectivity index (χ1) is 9.44. The molecule has 0 bridgehead atoms. The first kappa shape index (κ1) is 14.8. The van der Waals surface area contributed by atoms with E-state index in [0.29, 0.717) is 6.42 Å². The Morgan fingerprint density at radius 2 is 2.15 bits per heavy atom. The van der Waals surface area contributed by atoms with Crippen LogP contribution in [0.25, 0.3) is 0 Å². The van der Waals surface area contributed by atoms with E-state index >= 15 is 0 Å². The molecule has 1 fully saturated rings. The normalized spacial score (nSPS) is 15.7. The fourth-order valence-corrected chi connectivity index (χ4v) is 3.42. The van der Waals surface area contributed by atoms with E-state index in [2.05, 4.69) is 0 Å². The van der Waals surface area contributed by atoms with Crippen LogP contribution in [0.15, 0.2) is 23.1 Å². The van der Waals surface area contributed by atoms with Gasteiger partial charge in [0.05, 0.1) is 18.5 Å². The number of non-ortho nitro benzene ring substituents is 1. The number of hydrogen-bond acceptors (Lipinski definition) is 5. The van der Waals surface area contributed by atoms with Crippen molar-refractivity contribution >= 4 is 23.4 Å². The molecule has 0 aromatic heterocycles. The van der Waals surface area contributed by atoms with E-state index in [0.717, 1.165) is 29.1 Å². The maximum atomic E-state index is 11.4. The molecule has 0 saturated heterocycles. The molecule has 1 aliphatic rings. The van der Waals surface area contributed by atoms with Gasteiger partial charge in [-0.1, -0.05) is 0 Å². The first-order valence-electron chi connectivity index (χ1n) is 6.40. The van der Waals surface area contributed by atoms with Crippen LogP contribution < -0.4 is 0 Å². The second kappa shape index (κ2) is 5.83. The fourth-order valence-electron chi connectivity index (χ4n) is 2.08. The molecule has 0 radical (unpaired) electrons. The van der Waals surface area contributed by atoms with E-state index in [1.807, 2.05) is 13.0 Å². The van der Waals surface area contributed by atoms with E-state index in [1.54, 1.807) is 23.9 Å². The lowest BCUT2D eigenvalue weighted by Gasteiger charge is -2.13. The molecule has 1 saturated carbocycles. The molecule has 1 aromatic carbocycles. The molecular formula is C14H17NO4S. The first-order valence-corrected chi connectivity index (χ1v) is 7.38. The summed E-state index contributed by atoms with van der Waals surface area (Å²) in [7, 11) is 1.40. The molecule has 6 heteroatoms. The van der Waals surface area contributed by atoms with Gasteiger partial charge in [-0.3, -0.25) is 14.9 Å².